The average molecular weight is 205 g/mol. The van der Waals surface area contributed by atoms with E-state index in [-0.39, 0.29) is 0 Å². The maximum Gasteiger partial charge on any atom is -0.00476 e. The van der Waals surface area contributed by atoms with E-state index >= 15 is 0 Å². The molecule has 0 aromatic heterocycles. The van der Waals surface area contributed by atoms with Gasteiger partial charge in [-0.15, -0.1) is 0 Å². The molecule has 0 aromatic carbocycles. The zero-order valence-electron chi connectivity index (χ0n) is 9.78. The molecule has 0 aliphatic carbocycles. The van der Waals surface area contributed by atoms with Gasteiger partial charge in [0.15, 0.2) is 0 Å². The first-order valence-corrected chi connectivity index (χ1v) is 5.78. The predicted molar refractivity (Wildman–Crippen MR) is 69.5 cm³/mol. The molecule has 0 aromatic rings. The average Bonchev–Trinajstić information content (AvgIpc) is 2.25. The van der Waals surface area contributed by atoms with Crippen molar-refractivity contribution in [3.63, 3.8) is 0 Å². The number of rotatable bonds is 9. The van der Waals surface area contributed by atoms with Crippen molar-refractivity contribution in [2.75, 3.05) is 0 Å². The molecule has 0 amide bonds. The Balaban J connectivity index is 3.82. The second kappa shape index (κ2) is 11.0. The van der Waals surface area contributed by atoms with Crippen LogP contribution in [0.2, 0.25) is 0 Å². The Bertz CT molecular complexity index is 213. The zero-order chi connectivity index (χ0) is 11.4. The van der Waals surface area contributed by atoms with Crippen LogP contribution in [0.15, 0.2) is 37.0 Å². The van der Waals surface area contributed by atoms with Crippen molar-refractivity contribution in [2.45, 2.75) is 39.0 Å². The quantitative estimate of drug-likeness (QED) is 0.422. The SMILES string of the molecule is C=C/C=C\C=C/CC(CCC)CCC=N. The molecular weight excluding hydrogens is 182 g/mol. The number of hydrogen-bond donors (Lipinski definition) is 1. The third-order valence-electron chi connectivity index (χ3n) is 2.38. The van der Waals surface area contributed by atoms with Gasteiger partial charge in [0.25, 0.3) is 0 Å². The van der Waals surface area contributed by atoms with E-state index in [1.165, 1.54) is 19.1 Å². The van der Waals surface area contributed by atoms with E-state index in [1.807, 2.05) is 12.2 Å². The first-order valence-electron chi connectivity index (χ1n) is 5.78. The van der Waals surface area contributed by atoms with Crippen LogP contribution in [0.4, 0.5) is 0 Å². The van der Waals surface area contributed by atoms with Crippen molar-refractivity contribution in [3.05, 3.63) is 37.0 Å². The Hall–Kier alpha value is -1.11. The van der Waals surface area contributed by atoms with Crippen LogP contribution in [-0.2, 0) is 0 Å². The van der Waals surface area contributed by atoms with Crippen LogP contribution in [-0.4, -0.2) is 6.21 Å². The van der Waals surface area contributed by atoms with E-state index in [2.05, 4.69) is 25.7 Å². The summed E-state index contributed by atoms with van der Waals surface area (Å²) < 4.78 is 0. The first-order chi connectivity index (χ1) is 7.35. The topological polar surface area (TPSA) is 23.9 Å². The lowest BCUT2D eigenvalue weighted by Crippen LogP contribution is -1.98. The molecule has 0 saturated carbocycles. The number of hydrogen-bond acceptors (Lipinski definition) is 1. The van der Waals surface area contributed by atoms with Crippen LogP contribution >= 0.6 is 0 Å². The van der Waals surface area contributed by atoms with Crippen LogP contribution < -0.4 is 0 Å². The smallest absolute Gasteiger partial charge is 0.00476 e. The summed E-state index contributed by atoms with van der Waals surface area (Å²) in [6.07, 6.45) is 17.2. The highest BCUT2D eigenvalue weighted by atomic mass is 14.3. The van der Waals surface area contributed by atoms with Crippen molar-refractivity contribution < 1.29 is 0 Å². The van der Waals surface area contributed by atoms with Gasteiger partial charge in [-0.3, -0.25) is 0 Å². The largest absolute Gasteiger partial charge is 0.313 e. The van der Waals surface area contributed by atoms with E-state index in [9.17, 15) is 0 Å². The van der Waals surface area contributed by atoms with Gasteiger partial charge in [-0.1, -0.05) is 56.7 Å². The van der Waals surface area contributed by atoms with E-state index in [0.29, 0.717) is 0 Å². The summed E-state index contributed by atoms with van der Waals surface area (Å²) in [7, 11) is 0. The molecule has 0 saturated heterocycles. The lowest BCUT2D eigenvalue weighted by atomic mass is 9.94. The van der Waals surface area contributed by atoms with Crippen LogP contribution in [0.1, 0.15) is 39.0 Å². The van der Waals surface area contributed by atoms with Gasteiger partial charge in [-0.2, -0.15) is 0 Å². The van der Waals surface area contributed by atoms with Crippen LogP contribution in [0.5, 0.6) is 0 Å². The van der Waals surface area contributed by atoms with Crippen molar-refractivity contribution in [1.82, 2.24) is 0 Å². The molecule has 0 aliphatic heterocycles. The second-order valence-electron chi connectivity index (χ2n) is 3.72. The van der Waals surface area contributed by atoms with Gasteiger partial charge in [0.05, 0.1) is 0 Å². The zero-order valence-corrected chi connectivity index (χ0v) is 9.78. The summed E-state index contributed by atoms with van der Waals surface area (Å²) in [5, 5.41) is 7.03. The summed E-state index contributed by atoms with van der Waals surface area (Å²) in [6, 6.07) is 0. The second-order valence-corrected chi connectivity index (χ2v) is 3.72. The van der Waals surface area contributed by atoms with Crippen molar-refractivity contribution in [1.29, 1.82) is 5.41 Å². The van der Waals surface area contributed by atoms with Crippen molar-refractivity contribution >= 4 is 6.21 Å². The molecule has 0 spiro atoms. The fourth-order valence-corrected chi connectivity index (χ4v) is 1.60. The van der Waals surface area contributed by atoms with Crippen LogP contribution in [0.3, 0.4) is 0 Å². The molecule has 1 unspecified atom stereocenters. The number of allylic oxidation sites excluding steroid dienone is 5. The Morgan fingerprint density at radius 1 is 1.20 bits per heavy atom. The summed E-state index contributed by atoms with van der Waals surface area (Å²) in [5.41, 5.74) is 0. The summed E-state index contributed by atoms with van der Waals surface area (Å²) >= 11 is 0. The Labute approximate surface area is 94.1 Å². The minimum atomic E-state index is 0.741. The van der Waals surface area contributed by atoms with E-state index < -0.39 is 0 Å². The Kier molecular flexibility index (Phi) is 10.2. The molecular formula is C14H23N. The van der Waals surface area contributed by atoms with Crippen LogP contribution in [0.25, 0.3) is 0 Å². The van der Waals surface area contributed by atoms with E-state index in [1.54, 1.807) is 6.08 Å². The third-order valence-corrected chi connectivity index (χ3v) is 2.38. The normalized spacial score (nSPS) is 13.4. The Morgan fingerprint density at radius 2 is 2.00 bits per heavy atom. The molecule has 0 aliphatic rings. The minimum Gasteiger partial charge on any atom is -0.313 e. The van der Waals surface area contributed by atoms with Gasteiger partial charge in [-0.25, -0.2) is 0 Å². The van der Waals surface area contributed by atoms with E-state index in [0.717, 1.165) is 25.2 Å². The number of nitrogens with one attached hydrogen (secondary N) is 1. The Morgan fingerprint density at radius 3 is 2.60 bits per heavy atom. The first kappa shape index (κ1) is 13.9. The van der Waals surface area contributed by atoms with Crippen molar-refractivity contribution in [3.8, 4) is 0 Å². The summed E-state index contributed by atoms with van der Waals surface area (Å²) in [5.74, 6) is 0.741. The molecule has 1 atom stereocenters. The molecule has 0 rings (SSSR count). The summed E-state index contributed by atoms with van der Waals surface area (Å²) in [4.78, 5) is 0. The summed E-state index contributed by atoms with van der Waals surface area (Å²) in [6.45, 7) is 5.84. The molecule has 15 heavy (non-hydrogen) atoms. The van der Waals surface area contributed by atoms with Crippen LogP contribution in [0, 0.1) is 11.3 Å². The van der Waals surface area contributed by atoms with Gasteiger partial charge < -0.3 is 5.41 Å². The highest BCUT2D eigenvalue weighted by molar-refractivity contribution is 5.52. The standard InChI is InChI=1S/C14H23N/c1-3-5-6-7-8-11-14(10-4-2)12-9-13-15/h3,5-8,13-15H,1,4,9-12H2,2H3/b6-5-,8-7-,15-13?. The third kappa shape index (κ3) is 9.20. The monoisotopic (exact) mass is 205 g/mol. The highest BCUT2D eigenvalue weighted by Crippen LogP contribution is 2.17. The van der Waals surface area contributed by atoms with Gasteiger partial charge in [0, 0.05) is 0 Å². The molecule has 1 heteroatoms. The van der Waals surface area contributed by atoms with Gasteiger partial charge >= 0.3 is 0 Å². The molecule has 0 bridgehead atoms. The molecule has 0 radical (unpaired) electrons. The molecule has 0 heterocycles. The molecule has 0 fully saturated rings. The van der Waals surface area contributed by atoms with E-state index in [4.69, 9.17) is 5.41 Å². The highest BCUT2D eigenvalue weighted by Gasteiger charge is 2.03. The fourth-order valence-electron chi connectivity index (χ4n) is 1.60. The molecule has 1 nitrogen and oxygen atoms in total. The van der Waals surface area contributed by atoms with Gasteiger partial charge in [0.1, 0.15) is 0 Å². The lowest BCUT2D eigenvalue weighted by molar-refractivity contribution is 0.460. The maximum absolute atomic E-state index is 7.03. The van der Waals surface area contributed by atoms with Gasteiger partial charge in [0.2, 0.25) is 0 Å². The predicted octanol–water partition coefficient (Wildman–Crippen LogP) is 4.52. The van der Waals surface area contributed by atoms with Crippen molar-refractivity contribution in [2.24, 2.45) is 5.92 Å². The lowest BCUT2D eigenvalue weighted by Gasteiger charge is -2.11. The maximum atomic E-state index is 7.03. The van der Waals surface area contributed by atoms with Gasteiger partial charge in [-0.05, 0) is 31.4 Å². The molecule has 1 N–H and O–H groups in total. The fraction of sp³-hybridized carbons (Fsp3) is 0.500. The molecule has 84 valence electrons. The minimum absolute atomic E-state index is 0.741.